The van der Waals surface area contributed by atoms with Crippen LogP contribution in [-0.2, 0) is 14.8 Å². The minimum atomic E-state index is -3.99. The summed E-state index contributed by atoms with van der Waals surface area (Å²) < 4.78 is 40.4. The molecule has 0 spiro atoms. The van der Waals surface area contributed by atoms with E-state index in [1.165, 1.54) is 18.2 Å². The van der Waals surface area contributed by atoms with Gasteiger partial charge in [-0.2, -0.15) is 0 Å². The number of benzene rings is 1. The standard InChI is InChI=1S/C13H17FN2O3S/c14-10-6-2-4-8-12(10)20(18,19)16-11-7-3-1-5-9(11)13(15)17/h2,4,6,8-9,11,16H,1,3,5,7H2,(H2,15,17)/t9-,11-/m0/s1. The van der Waals surface area contributed by atoms with E-state index < -0.39 is 38.6 Å². The summed E-state index contributed by atoms with van der Waals surface area (Å²) in [6.45, 7) is 0. The molecule has 3 N–H and O–H groups in total. The van der Waals surface area contributed by atoms with Gasteiger partial charge in [-0.1, -0.05) is 25.0 Å². The van der Waals surface area contributed by atoms with Crippen molar-refractivity contribution in [1.82, 2.24) is 4.72 Å². The van der Waals surface area contributed by atoms with Crippen LogP contribution in [0.2, 0.25) is 0 Å². The third-order valence-electron chi connectivity index (χ3n) is 3.56. The fourth-order valence-corrected chi connectivity index (χ4v) is 3.93. The fraction of sp³-hybridized carbons (Fsp3) is 0.462. The van der Waals surface area contributed by atoms with Gasteiger partial charge in [-0.15, -0.1) is 0 Å². The zero-order valence-corrected chi connectivity index (χ0v) is 11.7. The van der Waals surface area contributed by atoms with E-state index in [1.54, 1.807) is 0 Å². The Bertz CT molecular complexity index is 603. The second-order valence-electron chi connectivity index (χ2n) is 4.95. The Morgan fingerprint density at radius 2 is 1.90 bits per heavy atom. The van der Waals surface area contributed by atoms with E-state index in [4.69, 9.17) is 5.73 Å². The molecule has 1 aromatic carbocycles. The quantitative estimate of drug-likeness (QED) is 0.874. The number of rotatable bonds is 4. The molecule has 5 nitrogen and oxygen atoms in total. The van der Waals surface area contributed by atoms with Crippen LogP contribution in [0.25, 0.3) is 0 Å². The van der Waals surface area contributed by atoms with Crippen LogP contribution in [0.5, 0.6) is 0 Å². The molecule has 1 saturated carbocycles. The average Bonchev–Trinajstić information content (AvgIpc) is 2.39. The summed E-state index contributed by atoms with van der Waals surface area (Å²) in [4.78, 5) is 11.0. The van der Waals surface area contributed by atoms with Crippen molar-refractivity contribution >= 4 is 15.9 Å². The van der Waals surface area contributed by atoms with Crippen LogP contribution < -0.4 is 10.5 Å². The number of carbonyl (C=O) groups excluding carboxylic acids is 1. The first kappa shape index (κ1) is 14.9. The number of carbonyl (C=O) groups is 1. The molecule has 0 radical (unpaired) electrons. The highest BCUT2D eigenvalue weighted by atomic mass is 32.2. The number of nitrogens with two attached hydrogens (primary N) is 1. The van der Waals surface area contributed by atoms with Crippen LogP contribution in [0.15, 0.2) is 29.2 Å². The maximum Gasteiger partial charge on any atom is 0.243 e. The van der Waals surface area contributed by atoms with Gasteiger partial charge in [0, 0.05) is 6.04 Å². The van der Waals surface area contributed by atoms with Crippen molar-refractivity contribution in [2.75, 3.05) is 0 Å². The van der Waals surface area contributed by atoms with Gasteiger partial charge in [0.25, 0.3) is 0 Å². The van der Waals surface area contributed by atoms with E-state index >= 15 is 0 Å². The van der Waals surface area contributed by atoms with Gasteiger partial charge < -0.3 is 5.73 Å². The van der Waals surface area contributed by atoms with Gasteiger partial charge in [0.05, 0.1) is 5.92 Å². The number of amides is 1. The van der Waals surface area contributed by atoms with Crippen molar-refractivity contribution in [2.24, 2.45) is 11.7 Å². The molecule has 7 heteroatoms. The highest BCUT2D eigenvalue weighted by molar-refractivity contribution is 7.89. The fourth-order valence-electron chi connectivity index (χ4n) is 2.54. The summed E-state index contributed by atoms with van der Waals surface area (Å²) in [5.74, 6) is -1.87. The largest absolute Gasteiger partial charge is 0.369 e. The van der Waals surface area contributed by atoms with Crippen LogP contribution in [0.4, 0.5) is 4.39 Å². The van der Waals surface area contributed by atoms with Crippen molar-refractivity contribution in [2.45, 2.75) is 36.6 Å². The van der Waals surface area contributed by atoms with E-state index in [0.717, 1.165) is 18.9 Å². The molecule has 1 aliphatic rings. The first-order valence-corrected chi connectivity index (χ1v) is 7.96. The SMILES string of the molecule is NC(=O)[C@H]1CCCC[C@@H]1NS(=O)(=O)c1ccccc1F. The Labute approximate surface area is 117 Å². The summed E-state index contributed by atoms with van der Waals surface area (Å²) in [5.41, 5.74) is 5.30. The minimum absolute atomic E-state index is 0.409. The van der Waals surface area contributed by atoms with Crippen LogP contribution in [0.1, 0.15) is 25.7 Å². The molecule has 0 unspecified atom stereocenters. The van der Waals surface area contributed by atoms with Gasteiger partial charge in [0.15, 0.2) is 0 Å². The average molecular weight is 300 g/mol. The smallest absolute Gasteiger partial charge is 0.243 e. The molecular formula is C13H17FN2O3S. The van der Waals surface area contributed by atoms with E-state index in [-0.39, 0.29) is 0 Å². The molecule has 0 heterocycles. The van der Waals surface area contributed by atoms with Gasteiger partial charge in [-0.3, -0.25) is 4.79 Å². The lowest BCUT2D eigenvalue weighted by molar-refractivity contribution is -0.123. The molecule has 1 fully saturated rings. The lowest BCUT2D eigenvalue weighted by Gasteiger charge is -2.29. The molecule has 2 rings (SSSR count). The number of primary amides is 1. The summed E-state index contributed by atoms with van der Waals surface area (Å²) in [6.07, 6.45) is 2.74. The molecule has 0 aliphatic heterocycles. The molecule has 20 heavy (non-hydrogen) atoms. The maximum atomic E-state index is 13.6. The Kier molecular flexibility index (Phi) is 4.39. The molecule has 2 atom stereocenters. The van der Waals surface area contributed by atoms with Crippen molar-refractivity contribution in [3.63, 3.8) is 0 Å². The van der Waals surface area contributed by atoms with Crippen molar-refractivity contribution < 1.29 is 17.6 Å². The van der Waals surface area contributed by atoms with E-state index in [0.29, 0.717) is 12.8 Å². The summed E-state index contributed by atoms with van der Waals surface area (Å²) >= 11 is 0. The van der Waals surface area contributed by atoms with Crippen LogP contribution >= 0.6 is 0 Å². The van der Waals surface area contributed by atoms with Crippen molar-refractivity contribution in [3.05, 3.63) is 30.1 Å². The molecule has 0 saturated heterocycles. The summed E-state index contributed by atoms with van der Waals surface area (Å²) in [6, 6.07) is 4.58. The molecule has 0 bridgehead atoms. The number of sulfonamides is 1. The van der Waals surface area contributed by atoms with E-state index in [1.807, 2.05) is 0 Å². The highest BCUT2D eigenvalue weighted by Crippen LogP contribution is 2.26. The Morgan fingerprint density at radius 3 is 2.55 bits per heavy atom. The van der Waals surface area contributed by atoms with Gasteiger partial charge >= 0.3 is 0 Å². The predicted molar refractivity (Wildman–Crippen MR) is 71.7 cm³/mol. The van der Waals surface area contributed by atoms with Gasteiger partial charge in [0.1, 0.15) is 10.7 Å². The second-order valence-corrected chi connectivity index (χ2v) is 6.63. The second kappa shape index (κ2) is 5.88. The third kappa shape index (κ3) is 3.16. The lowest BCUT2D eigenvalue weighted by atomic mass is 9.85. The van der Waals surface area contributed by atoms with Gasteiger partial charge in [-0.25, -0.2) is 17.5 Å². The van der Waals surface area contributed by atoms with Crippen LogP contribution in [0, 0.1) is 11.7 Å². The number of nitrogens with one attached hydrogen (secondary N) is 1. The molecule has 0 aromatic heterocycles. The summed E-state index contributed by atoms with van der Waals surface area (Å²) in [5, 5.41) is 0. The monoisotopic (exact) mass is 300 g/mol. The Morgan fingerprint density at radius 1 is 1.25 bits per heavy atom. The number of hydrogen-bond donors (Lipinski definition) is 2. The maximum absolute atomic E-state index is 13.6. The predicted octanol–water partition coefficient (Wildman–Crippen LogP) is 1.15. The summed E-state index contributed by atoms with van der Waals surface area (Å²) in [7, 11) is -3.99. The first-order chi connectivity index (χ1) is 9.42. The van der Waals surface area contributed by atoms with Crippen molar-refractivity contribution in [3.8, 4) is 0 Å². The zero-order valence-electron chi connectivity index (χ0n) is 10.9. The van der Waals surface area contributed by atoms with Gasteiger partial charge in [0.2, 0.25) is 15.9 Å². The molecule has 1 aromatic rings. The third-order valence-corrected chi connectivity index (χ3v) is 5.09. The topological polar surface area (TPSA) is 89.3 Å². The Hall–Kier alpha value is -1.47. The van der Waals surface area contributed by atoms with Crippen LogP contribution in [0.3, 0.4) is 0 Å². The highest BCUT2D eigenvalue weighted by Gasteiger charge is 2.33. The molecule has 110 valence electrons. The number of halogens is 1. The van der Waals surface area contributed by atoms with Gasteiger partial charge in [-0.05, 0) is 25.0 Å². The van der Waals surface area contributed by atoms with Crippen molar-refractivity contribution in [1.29, 1.82) is 0 Å². The molecular weight excluding hydrogens is 283 g/mol. The molecule has 1 aliphatic carbocycles. The zero-order chi connectivity index (χ0) is 14.8. The van der Waals surface area contributed by atoms with E-state index in [9.17, 15) is 17.6 Å². The van der Waals surface area contributed by atoms with E-state index in [2.05, 4.69) is 4.72 Å². The molecule has 1 amide bonds. The first-order valence-electron chi connectivity index (χ1n) is 6.48. The van der Waals surface area contributed by atoms with Crippen LogP contribution in [-0.4, -0.2) is 20.4 Å². The minimum Gasteiger partial charge on any atom is -0.369 e. The number of hydrogen-bond acceptors (Lipinski definition) is 3. The lowest BCUT2D eigenvalue weighted by Crippen LogP contribution is -2.47. The Balaban J connectivity index is 2.23. The normalized spacial score (nSPS) is 23.4.